The van der Waals surface area contributed by atoms with E-state index in [1.54, 1.807) is 31.5 Å². The van der Waals surface area contributed by atoms with E-state index in [1.165, 1.54) is 12.1 Å². The minimum absolute atomic E-state index is 0.0893. The van der Waals surface area contributed by atoms with Gasteiger partial charge in [0.2, 0.25) is 10.0 Å². The van der Waals surface area contributed by atoms with Gasteiger partial charge < -0.3 is 5.73 Å². The van der Waals surface area contributed by atoms with Crippen molar-refractivity contribution in [2.24, 2.45) is 0 Å². The minimum atomic E-state index is -3.68. The van der Waals surface area contributed by atoms with Gasteiger partial charge in [-0.05, 0) is 36.2 Å². The van der Waals surface area contributed by atoms with Gasteiger partial charge in [-0.2, -0.15) is 0 Å². The average molecular weight is 312 g/mol. The van der Waals surface area contributed by atoms with E-state index in [9.17, 15) is 8.42 Å². The Labute approximate surface area is 122 Å². The Balaban J connectivity index is 2.27. The molecule has 0 spiro atoms. The SMILES string of the molecule is Cc1c(N)cc(Cl)cc1S(=O)(=O)NCc1cccnc1. The van der Waals surface area contributed by atoms with Gasteiger partial charge in [0, 0.05) is 29.6 Å². The summed E-state index contributed by atoms with van der Waals surface area (Å²) >= 11 is 5.86. The number of rotatable bonds is 4. The molecule has 0 radical (unpaired) electrons. The van der Waals surface area contributed by atoms with Crippen molar-refractivity contribution in [1.82, 2.24) is 9.71 Å². The maximum Gasteiger partial charge on any atom is 0.241 e. The second-order valence-corrected chi connectivity index (χ2v) is 6.48. The summed E-state index contributed by atoms with van der Waals surface area (Å²) in [7, 11) is -3.68. The molecule has 0 amide bonds. The van der Waals surface area contributed by atoms with Gasteiger partial charge in [0.15, 0.2) is 0 Å². The largest absolute Gasteiger partial charge is 0.398 e. The van der Waals surface area contributed by atoms with Crippen LogP contribution in [-0.2, 0) is 16.6 Å². The molecule has 20 heavy (non-hydrogen) atoms. The molecule has 1 heterocycles. The third kappa shape index (κ3) is 3.27. The molecule has 5 nitrogen and oxygen atoms in total. The highest BCUT2D eigenvalue weighted by atomic mass is 35.5. The Morgan fingerprint density at radius 2 is 2.15 bits per heavy atom. The number of hydrogen-bond donors (Lipinski definition) is 2. The van der Waals surface area contributed by atoms with Gasteiger partial charge in [-0.1, -0.05) is 17.7 Å². The number of nitrogens with zero attached hydrogens (tertiary/aromatic N) is 1. The Morgan fingerprint density at radius 1 is 1.40 bits per heavy atom. The second kappa shape index (κ2) is 5.78. The summed E-state index contributed by atoms with van der Waals surface area (Å²) in [5.41, 5.74) is 7.33. The summed E-state index contributed by atoms with van der Waals surface area (Å²) in [6.45, 7) is 1.80. The second-order valence-electron chi connectivity index (χ2n) is 4.30. The van der Waals surface area contributed by atoms with Crippen LogP contribution in [0.15, 0.2) is 41.6 Å². The van der Waals surface area contributed by atoms with Crippen LogP contribution in [0.2, 0.25) is 5.02 Å². The van der Waals surface area contributed by atoms with Crippen LogP contribution in [0.4, 0.5) is 5.69 Å². The number of nitrogens with two attached hydrogens (primary N) is 1. The van der Waals surface area contributed by atoms with E-state index in [0.29, 0.717) is 11.3 Å². The summed E-state index contributed by atoms with van der Waals surface area (Å²) in [5.74, 6) is 0. The van der Waals surface area contributed by atoms with Crippen molar-refractivity contribution in [3.05, 3.63) is 52.8 Å². The smallest absolute Gasteiger partial charge is 0.241 e. The number of anilines is 1. The predicted octanol–water partition coefficient (Wildman–Crippen LogP) is 2.10. The fourth-order valence-electron chi connectivity index (χ4n) is 1.71. The lowest BCUT2D eigenvalue weighted by Gasteiger charge is -2.11. The standard InChI is InChI=1S/C13H14ClN3O2S/c1-9-12(15)5-11(14)6-13(9)20(18,19)17-8-10-3-2-4-16-7-10/h2-7,17H,8,15H2,1H3. The molecular weight excluding hydrogens is 298 g/mol. The molecular formula is C13H14ClN3O2S. The van der Waals surface area contributed by atoms with Crippen LogP contribution in [-0.4, -0.2) is 13.4 Å². The highest BCUT2D eigenvalue weighted by molar-refractivity contribution is 7.89. The zero-order valence-corrected chi connectivity index (χ0v) is 12.4. The Morgan fingerprint density at radius 3 is 2.80 bits per heavy atom. The van der Waals surface area contributed by atoms with Crippen LogP contribution < -0.4 is 10.5 Å². The Kier molecular flexibility index (Phi) is 4.27. The number of pyridine rings is 1. The molecule has 0 fully saturated rings. The molecule has 106 valence electrons. The quantitative estimate of drug-likeness (QED) is 0.847. The summed E-state index contributed by atoms with van der Waals surface area (Å²) in [6.07, 6.45) is 3.22. The van der Waals surface area contributed by atoms with Gasteiger partial charge in [-0.15, -0.1) is 0 Å². The molecule has 3 N–H and O–H groups in total. The highest BCUT2D eigenvalue weighted by Crippen LogP contribution is 2.25. The van der Waals surface area contributed by atoms with Crippen molar-refractivity contribution in [2.45, 2.75) is 18.4 Å². The van der Waals surface area contributed by atoms with Crippen LogP contribution in [0.25, 0.3) is 0 Å². The number of nitrogen functional groups attached to an aromatic ring is 1. The van der Waals surface area contributed by atoms with E-state index in [-0.39, 0.29) is 16.5 Å². The molecule has 1 aromatic carbocycles. The first kappa shape index (κ1) is 14.8. The molecule has 0 aliphatic rings. The van der Waals surface area contributed by atoms with Gasteiger partial charge in [0.05, 0.1) is 4.90 Å². The maximum absolute atomic E-state index is 12.3. The summed E-state index contributed by atoms with van der Waals surface area (Å²) < 4.78 is 27.1. The molecule has 0 unspecified atom stereocenters. The first-order valence-corrected chi connectivity index (χ1v) is 7.70. The minimum Gasteiger partial charge on any atom is -0.398 e. The first-order chi connectivity index (χ1) is 9.40. The molecule has 2 aromatic rings. The Bertz CT molecular complexity index is 718. The average Bonchev–Trinajstić information content (AvgIpc) is 2.42. The highest BCUT2D eigenvalue weighted by Gasteiger charge is 2.18. The first-order valence-electron chi connectivity index (χ1n) is 5.84. The van der Waals surface area contributed by atoms with Gasteiger partial charge in [-0.25, -0.2) is 13.1 Å². The van der Waals surface area contributed by atoms with Crippen molar-refractivity contribution in [2.75, 3.05) is 5.73 Å². The van der Waals surface area contributed by atoms with Crippen molar-refractivity contribution >= 4 is 27.3 Å². The van der Waals surface area contributed by atoms with Gasteiger partial charge in [0.25, 0.3) is 0 Å². The lowest BCUT2D eigenvalue weighted by atomic mass is 10.2. The van der Waals surface area contributed by atoms with E-state index in [2.05, 4.69) is 9.71 Å². The van der Waals surface area contributed by atoms with E-state index >= 15 is 0 Å². The molecule has 1 aromatic heterocycles. The van der Waals surface area contributed by atoms with E-state index in [1.807, 2.05) is 0 Å². The predicted molar refractivity (Wildman–Crippen MR) is 78.9 cm³/mol. The van der Waals surface area contributed by atoms with Gasteiger partial charge in [-0.3, -0.25) is 4.98 Å². The molecule has 0 aliphatic carbocycles. The molecule has 0 aliphatic heterocycles. The zero-order valence-electron chi connectivity index (χ0n) is 10.8. The number of aromatic nitrogens is 1. The molecule has 0 saturated heterocycles. The zero-order chi connectivity index (χ0) is 14.8. The van der Waals surface area contributed by atoms with Crippen molar-refractivity contribution in [3.63, 3.8) is 0 Å². The molecule has 7 heteroatoms. The van der Waals surface area contributed by atoms with Gasteiger partial charge >= 0.3 is 0 Å². The van der Waals surface area contributed by atoms with E-state index in [0.717, 1.165) is 5.56 Å². The van der Waals surface area contributed by atoms with E-state index in [4.69, 9.17) is 17.3 Å². The number of hydrogen-bond acceptors (Lipinski definition) is 4. The topological polar surface area (TPSA) is 85.1 Å². The number of nitrogens with one attached hydrogen (secondary N) is 1. The monoisotopic (exact) mass is 311 g/mol. The molecule has 2 rings (SSSR count). The summed E-state index contributed by atoms with van der Waals surface area (Å²) in [5, 5.41) is 0.287. The van der Waals surface area contributed by atoms with Crippen LogP contribution in [0.3, 0.4) is 0 Å². The lowest BCUT2D eigenvalue weighted by Crippen LogP contribution is -2.24. The van der Waals surface area contributed by atoms with Crippen LogP contribution in [0.5, 0.6) is 0 Å². The van der Waals surface area contributed by atoms with Crippen LogP contribution in [0.1, 0.15) is 11.1 Å². The summed E-state index contributed by atoms with van der Waals surface area (Å²) in [6, 6.07) is 6.44. The maximum atomic E-state index is 12.3. The third-order valence-corrected chi connectivity index (χ3v) is 4.59. The van der Waals surface area contributed by atoms with Crippen molar-refractivity contribution in [3.8, 4) is 0 Å². The van der Waals surface area contributed by atoms with Crippen molar-refractivity contribution < 1.29 is 8.42 Å². The number of sulfonamides is 1. The third-order valence-electron chi connectivity index (χ3n) is 2.84. The lowest BCUT2D eigenvalue weighted by molar-refractivity contribution is 0.580. The van der Waals surface area contributed by atoms with Crippen LogP contribution >= 0.6 is 11.6 Å². The number of benzene rings is 1. The summed E-state index contributed by atoms with van der Waals surface area (Å²) in [4.78, 5) is 4.02. The van der Waals surface area contributed by atoms with Crippen molar-refractivity contribution in [1.29, 1.82) is 0 Å². The molecule has 0 bridgehead atoms. The normalized spacial score (nSPS) is 11.5. The van der Waals surface area contributed by atoms with Gasteiger partial charge in [0.1, 0.15) is 0 Å². The fraction of sp³-hybridized carbons (Fsp3) is 0.154. The number of halogens is 1. The Hall–Kier alpha value is -1.63. The van der Waals surface area contributed by atoms with E-state index < -0.39 is 10.0 Å². The fourth-order valence-corrected chi connectivity index (χ4v) is 3.32. The molecule has 0 saturated carbocycles. The molecule has 0 atom stereocenters. The van der Waals surface area contributed by atoms with Crippen LogP contribution in [0, 0.1) is 6.92 Å².